The molecule has 0 aliphatic carbocycles. The van der Waals surface area contributed by atoms with E-state index in [2.05, 4.69) is 33.0 Å². The Morgan fingerprint density at radius 3 is 2.50 bits per heavy atom. The third-order valence-electron chi connectivity index (χ3n) is 2.40. The van der Waals surface area contributed by atoms with Gasteiger partial charge >= 0.3 is 0 Å². The van der Waals surface area contributed by atoms with Crippen molar-refractivity contribution in [2.24, 2.45) is 0 Å². The number of nitrogens with one attached hydrogen (secondary N) is 1. The van der Waals surface area contributed by atoms with Crippen LogP contribution in [0.1, 0.15) is 40.5 Å². The average Bonchev–Trinajstić information content (AvgIpc) is 2.32. The highest BCUT2D eigenvalue weighted by Gasteiger charge is 2.32. The molecule has 1 N–H and O–H groups in total. The lowest BCUT2D eigenvalue weighted by Crippen LogP contribution is -2.52. The summed E-state index contributed by atoms with van der Waals surface area (Å²) in [6.45, 7) is 9.74. The van der Waals surface area contributed by atoms with Gasteiger partial charge in [-0.2, -0.15) is 0 Å². The van der Waals surface area contributed by atoms with Crippen molar-refractivity contribution in [2.45, 2.75) is 58.2 Å². The molecule has 0 aromatic carbocycles. The van der Waals surface area contributed by atoms with Crippen LogP contribution < -0.4 is 5.32 Å². The highest BCUT2D eigenvalue weighted by Crippen LogP contribution is 2.23. The summed E-state index contributed by atoms with van der Waals surface area (Å²) in [4.78, 5) is 0. The smallest absolute Gasteiger partial charge is 0.0752 e. The van der Waals surface area contributed by atoms with Crippen molar-refractivity contribution in [3.63, 3.8) is 0 Å². The highest BCUT2D eigenvalue weighted by atomic mass is 16.5. The number of rotatable bonds is 3. The van der Waals surface area contributed by atoms with Gasteiger partial charge in [0.2, 0.25) is 0 Å². The molecule has 0 aromatic rings. The van der Waals surface area contributed by atoms with E-state index in [0.717, 1.165) is 6.61 Å². The van der Waals surface area contributed by atoms with Crippen LogP contribution in [-0.2, 0) is 4.74 Å². The van der Waals surface area contributed by atoms with Gasteiger partial charge in [0, 0.05) is 18.2 Å². The van der Waals surface area contributed by atoms with E-state index in [0.29, 0.717) is 12.1 Å². The predicted octanol–water partition coefficient (Wildman–Crippen LogP) is 1.94. The molecule has 12 heavy (non-hydrogen) atoms. The minimum Gasteiger partial charge on any atom is -0.376 e. The Morgan fingerprint density at radius 1 is 1.42 bits per heavy atom. The van der Waals surface area contributed by atoms with E-state index in [1.54, 1.807) is 0 Å². The largest absolute Gasteiger partial charge is 0.376 e. The predicted molar refractivity (Wildman–Crippen MR) is 51.3 cm³/mol. The summed E-state index contributed by atoms with van der Waals surface area (Å²) < 4.78 is 5.66. The Bertz CT molecular complexity index is 137. The molecule has 1 atom stereocenters. The zero-order valence-electron chi connectivity index (χ0n) is 8.68. The molecular weight excluding hydrogens is 150 g/mol. The Kier molecular flexibility index (Phi) is 3.13. The maximum absolute atomic E-state index is 5.66. The van der Waals surface area contributed by atoms with E-state index in [1.165, 1.54) is 12.8 Å². The number of ether oxygens (including phenoxy) is 1. The molecule has 1 aliphatic rings. The molecule has 1 aliphatic heterocycles. The fourth-order valence-electron chi connectivity index (χ4n) is 1.98. The van der Waals surface area contributed by atoms with Crippen LogP contribution in [0.2, 0.25) is 0 Å². The maximum atomic E-state index is 5.66. The molecule has 0 saturated carbocycles. The van der Waals surface area contributed by atoms with Gasteiger partial charge in [0.1, 0.15) is 0 Å². The van der Waals surface area contributed by atoms with Crippen molar-refractivity contribution < 1.29 is 4.74 Å². The molecule has 0 amide bonds. The second-order valence-electron chi connectivity index (χ2n) is 4.52. The van der Waals surface area contributed by atoms with Gasteiger partial charge in [0.05, 0.1) is 6.10 Å². The Labute approximate surface area is 75.7 Å². The van der Waals surface area contributed by atoms with Gasteiger partial charge < -0.3 is 10.1 Å². The zero-order chi connectivity index (χ0) is 9.19. The van der Waals surface area contributed by atoms with Gasteiger partial charge in [0.15, 0.2) is 0 Å². The van der Waals surface area contributed by atoms with Crippen molar-refractivity contribution in [2.75, 3.05) is 6.61 Å². The quantitative estimate of drug-likeness (QED) is 0.700. The maximum Gasteiger partial charge on any atom is 0.0752 e. The lowest BCUT2D eigenvalue weighted by Gasteiger charge is -2.34. The number of hydrogen-bond donors (Lipinski definition) is 1. The standard InChI is InChI=1S/C10H21NO/c1-8(2)11-10(3,4)9-6-5-7-12-9/h8-9,11H,5-7H2,1-4H3. The summed E-state index contributed by atoms with van der Waals surface area (Å²) in [5.41, 5.74) is 0.130. The van der Waals surface area contributed by atoms with Crippen molar-refractivity contribution in [3.05, 3.63) is 0 Å². The molecule has 1 heterocycles. The van der Waals surface area contributed by atoms with E-state index in [-0.39, 0.29) is 5.54 Å². The van der Waals surface area contributed by atoms with Crippen LogP contribution in [0.15, 0.2) is 0 Å². The van der Waals surface area contributed by atoms with E-state index in [1.807, 2.05) is 0 Å². The Hall–Kier alpha value is -0.0800. The van der Waals surface area contributed by atoms with Crippen molar-refractivity contribution in [1.29, 1.82) is 0 Å². The topological polar surface area (TPSA) is 21.3 Å². The van der Waals surface area contributed by atoms with Crippen molar-refractivity contribution in [3.8, 4) is 0 Å². The van der Waals surface area contributed by atoms with Crippen molar-refractivity contribution >= 4 is 0 Å². The third kappa shape index (κ3) is 2.46. The summed E-state index contributed by atoms with van der Waals surface area (Å²) in [7, 11) is 0. The molecule has 2 heteroatoms. The SMILES string of the molecule is CC(C)NC(C)(C)C1CCCO1. The number of hydrogen-bond acceptors (Lipinski definition) is 2. The lowest BCUT2D eigenvalue weighted by atomic mass is 9.94. The second-order valence-corrected chi connectivity index (χ2v) is 4.52. The van der Waals surface area contributed by atoms with Crippen LogP contribution in [0.5, 0.6) is 0 Å². The van der Waals surface area contributed by atoms with Crippen LogP contribution >= 0.6 is 0 Å². The van der Waals surface area contributed by atoms with Crippen molar-refractivity contribution in [1.82, 2.24) is 5.32 Å². The molecule has 72 valence electrons. The van der Waals surface area contributed by atoms with Gasteiger partial charge in [-0.25, -0.2) is 0 Å². The molecule has 1 fully saturated rings. The molecule has 0 aromatic heterocycles. The molecule has 1 unspecified atom stereocenters. The minimum absolute atomic E-state index is 0.130. The van der Waals surface area contributed by atoms with E-state index in [9.17, 15) is 0 Å². The second kappa shape index (κ2) is 3.75. The van der Waals surface area contributed by atoms with Gasteiger partial charge in [-0.1, -0.05) is 13.8 Å². The first-order valence-electron chi connectivity index (χ1n) is 4.91. The monoisotopic (exact) mass is 171 g/mol. The normalized spacial score (nSPS) is 25.2. The first-order valence-corrected chi connectivity index (χ1v) is 4.91. The molecule has 1 rings (SSSR count). The Morgan fingerprint density at radius 2 is 2.08 bits per heavy atom. The van der Waals surface area contributed by atoms with E-state index in [4.69, 9.17) is 4.74 Å². The Balaban J connectivity index is 2.45. The summed E-state index contributed by atoms with van der Waals surface area (Å²) in [5, 5.41) is 3.54. The first kappa shape index (κ1) is 10.0. The lowest BCUT2D eigenvalue weighted by molar-refractivity contribution is 0.0402. The molecule has 0 bridgehead atoms. The van der Waals surface area contributed by atoms with Gasteiger partial charge in [0.25, 0.3) is 0 Å². The molecule has 0 spiro atoms. The van der Waals surface area contributed by atoms with Gasteiger partial charge in [-0.05, 0) is 26.7 Å². The van der Waals surface area contributed by atoms with Crippen LogP contribution in [0, 0.1) is 0 Å². The van der Waals surface area contributed by atoms with Crippen LogP contribution in [0.4, 0.5) is 0 Å². The summed E-state index contributed by atoms with van der Waals surface area (Å²) in [5.74, 6) is 0. The highest BCUT2D eigenvalue weighted by molar-refractivity contribution is 4.90. The molecular formula is C10H21NO. The van der Waals surface area contributed by atoms with Crippen LogP contribution in [0.25, 0.3) is 0 Å². The van der Waals surface area contributed by atoms with E-state index >= 15 is 0 Å². The first-order chi connectivity index (χ1) is 5.52. The molecule has 2 nitrogen and oxygen atoms in total. The van der Waals surface area contributed by atoms with Crippen LogP contribution in [-0.4, -0.2) is 24.3 Å². The fraction of sp³-hybridized carbons (Fsp3) is 1.00. The summed E-state index contributed by atoms with van der Waals surface area (Å²) in [6, 6.07) is 0.532. The minimum atomic E-state index is 0.130. The summed E-state index contributed by atoms with van der Waals surface area (Å²) in [6.07, 6.45) is 2.82. The third-order valence-corrected chi connectivity index (χ3v) is 2.40. The zero-order valence-corrected chi connectivity index (χ0v) is 8.68. The van der Waals surface area contributed by atoms with Crippen LogP contribution in [0.3, 0.4) is 0 Å². The summed E-state index contributed by atoms with van der Waals surface area (Å²) >= 11 is 0. The van der Waals surface area contributed by atoms with Gasteiger partial charge in [-0.15, -0.1) is 0 Å². The molecule has 1 saturated heterocycles. The molecule has 0 radical (unpaired) electrons. The van der Waals surface area contributed by atoms with Gasteiger partial charge in [-0.3, -0.25) is 0 Å². The average molecular weight is 171 g/mol. The van der Waals surface area contributed by atoms with E-state index < -0.39 is 0 Å². The fourth-order valence-corrected chi connectivity index (χ4v) is 1.98.